The van der Waals surface area contributed by atoms with Crippen LogP contribution in [0.2, 0.25) is 0 Å². The molecule has 1 saturated carbocycles. The molecule has 30 heavy (non-hydrogen) atoms. The molecule has 3 atom stereocenters. The highest BCUT2D eigenvalue weighted by atomic mass is 32.1. The number of aromatic nitrogens is 5. The number of aromatic amines is 1. The second-order valence-corrected chi connectivity index (χ2v) is 9.01. The number of ether oxygens (including phenoxy) is 1. The van der Waals surface area contributed by atoms with E-state index in [9.17, 15) is 4.79 Å². The average molecular weight is 428 g/mol. The summed E-state index contributed by atoms with van der Waals surface area (Å²) < 4.78 is 9.10. The quantitative estimate of drug-likeness (QED) is 0.666. The molecule has 0 bridgehead atoms. The number of nitrogens with one attached hydrogen (secondary N) is 1. The summed E-state index contributed by atoms with van der Waals surface area (Å²) in [5, 5.41) is 1.77. The van der Waals surface area contributed by atoms with Gasteiger partial charge in [-0.2, -0.15) is 4.98 Å². The summed E-state index contributed by atoms with van der Waals surface area (Å²) in [4.78, 5) is 33.4. The minimum atomic E-state index is 0.133. The Morgan fingerprint density at radius 1 is 1.37 bits per heavy atom. The van der Waals surface area contributed by atoms with Gasteiger partial charge in [0.1, 0.15) is 22.8 Å². The molecule has 1 aliphatic heterocycles. The van der Waals surface area contributed by atoms with Crippen LogP contribution in [0.4, 0.5) is 5.82 Å². The van der Waals surface area contributed by atoms with Crippen LogP contribution in [0, 0.1) is 11.8 Å². The molecular formula is C20H25N7O2S. The van der Waals surface area contributed by atoms with E-state index in [2.05, 4.69) is 36.3 Å². The lowest BCUT2D eigenvalue weighted by Gasteiger charge is -2.34. The van der Waals surface area contributed by atoms with E-state index in [0.717, 1.165) is 49.2 Å². The van der Waals surface area contributed by atoms with Crippen molar-refractivity contribution in [3.8, 4) is 6.01 Å². The first kappa shape index (κ1) is 19.2. The standard InChI is InChI=1S/C20H25N7O2S/c1-26(19-15-3-5-21-18(15)22-11-23-19)14-7-12-4-6-27(10-13(12)8-14)17(28)9-16-24-20(29-2)25-30-16/h3,5,11-14H,4,6-10H2,1-2H3,(H,21,22,23)/t12-,13-,14?/m0/s1. The molecule has 0 spiro atoms. The molecule has 3 aromatic rings. The highest BCUT2D eigenvalue weighted by Gasteiger charge is 2.41. The number of hydrogen-bond acceptors (Lipinski definition) is 8. The Morgan fingerprint density at radius 2 is 2.23 bits per heavy atom. The normalized spacial score (nSPS) is 23.5. The number of rotatable bonds is 5. The van der Waals surface area contributed by atoms with Crippen LogP contribution in [0.3, 0.4) is 0 Å². The summed E-state index contributed by atoms with van der Waals surface area (Å²) in [6.45, 7) is 1.65. The van der Waals surface area contributed by atoms with Crippen LogP contribution in [0.5, 0.6) is 6.01 Å². The van der Waals surface area contributed by atoms with E-state index in [1.54, 1.807) is 6.33 Å². The van der Waals surface area contributed by atoms with Crippen molar-refractivity contribution in [3.05, 3.63) is 23.6 Å². The largest absolute Gasteiger partial charge is 0.466 e. The van der Waals surface area contributed by atoms with E-state index in [-0.39, 0.29) is 5.91 Å². The van der Waals surface area contributed by atoms with Gasteiger partial charge in [0.05, 0.1) is 18.9 Å². The number of nitrogens with zero attached hydrogens (tertiary/aromatic N) is 6. The van der Waals surface area contributed by atoms with Gasteiger partial charge in [0.2, 0.25) is 5.91 Å². The summed E-state index contributed by atoms with van der Waals surface area (Å²) >= 11 is 1.23. The molecule has 1 aliphatic carbocycles. The van der Waals surface area contributed by atoms with E-state index in [1.165, 1.54) is 18.6 Å². The van der Waals surface area contributed by atoms with Gasteiger partial charge in [-0.25, -0.2) is 9.97 Å². The van der Waals surface area contributed by atoms with Crippen LogP contribution in [0.1, 0.15) is 24.3 Å². The van der Waals surface area contributed by atoms with Gasteiger partial charge < -0.3 is 19.5 Å². The van der Waals surface area contributed by atoms with E-state index in [4.69, 9.17) is 4.74 Å². The molecule has 158 valence electrons. The van der Waals surface area contributed by atoms with Gasteiger partial charge in [0.15, 0.2) is 0 Å². The lowest BCUT2D eigenvalue weighted by atomic mass is 9.88. The van der Waals surface area contributed by atoms with Gasteiger partial charge in [-0.1, -0.05) is 0 Å². The van der Waals surface area contributed by atoms with Gasteiger partial charge in [-0.15, -0.1) is 4.37 Å². The third-order valence-electron chi connectivity index (χ3n) is 6.54. The molecule has 4 heterocycles. The van der Waals surface area contributed by atoms with Crippen LogP contribution in [0.15, 0.2) is 18.6 Å². The minimum Gasteiger partial charge on any atom is -0.466 e. The molecule has 1 saturated heterocycles. The summed E-state index contributed by atoms with van der Waals surface area (Å²) in [6, 6.07) is 2.80. The molecule has 2 aliphatic rings. The van der Waals surface area contributed by atoms with E-state index < -0.39 is 0 Å². The first-order valence-electron chi connectivity index (χ1n) is 10.3. The van der Waals surface area contributed by atoms with Crippen molar-refractivity contribution < 1.29 is 9.53 Å². The fourth-order valence-corrected chi connectivity index (χ4v) is 5.55. The van der Waals surface area contributed by atoms with Gasteiger partial charge in [-0.05, 0) is 48.7 Å². The van der Waals surface area contributed by atoms with Crippen molar-refractivity contribution in [2.45, 2.75) is 31.7 Å². The molecule has 0 radical (unpaired) electrons. The molecule has 1 unspecified atom stereocenters. The van der Waals surface area contributed by atoms with Gasteiger partial charge >= 0.3 is 6.01 Å². The molecule has 1 N–H and O–H groups in total. The average Bonchev–Trinajstić information content (AvgIpc) is 3.50. The molecule has 0 aromatic carbocycles. The number of fused-ring (bicyclic) bond motifs is 2. The second-order valence-electron chi connectivity index (χ2n) is 8.17. The number of carbonyl (C=O) groups is 1. The molecule has 2 fully saturated rings. The number of amides is 1. The molecule has 9 nitrogen and oxygen atoms in total. The summed E-state index contributed by atoms with van der Waals surface area (Å²) in [5.41, 5.74) is 0.868. The summed E-state index contributed by atoms with van der Waals surface area (Å²) in [6.07, 6.45) is 7.11. The van der Waals surface area contributed by atoms with Crippen molar-refractivity contribution in [1.29, 1.82) is 0 Å². The van der Waals surface area contributed by atoms with Crippen molar-refractivity contribution in [1.82, 2.24) is 29.2 Å². The zero-order chi connectivity index (χ0) is 20.7. The lowest BCUT2D eigenvalue weighted by molar-refractivity contribution is -0.132. The predicted octanol–water partition coefficient (Wildman–Crippen LogP) is 2.12. The molecule has 10 heteroatoms. The third-order valence-corrected chi connectivity index (χ3v) is 7.24. The Kier molecular flexibility index (Phi) is 5.01. The first-order valence-corrected chi connectivity index (χ1v) is 11.0. The highest BCUT2D eigenvalue weighted by Crippen LogP contribution is 2.41. The van der Waals surface area contributed by atoms with Crippen LogP contribution in [-0.4, -0.2) is 68.4 Å². The van der Waals surface area contributed by atoms with E-state index >= 15 is 0 Å². The fraction of sp³-hybridized carbons (Fsp3) is 0.550. The fourth-order valence-electron chi connectivity index (χ4n) is 4.94. The Labute approximate surface area is 178 Å². The van der Waals surface area contributed by atoms with Gasteiger partial charge in [0.25, 0.3) is 0 Å². The summed E-state index contributed by atoms with van der Waals surface area (Å²) in [5.74, 6) is 2.30. The SMILES string of the molecule is COc1nsc(CC(=O)N2CC[C@H]3CC(N(C)c4ncnc5[nH]ccc45)C[C@H]3C2)n1. The zero-order valence-electron chi connectivity index (χ0n) is 17.1. The number of hydrogen-bond donors (Lipinski definition) is 1. The molecule has 3 aromatic heterocycles. The first-order chi connectivity index (χ1) is 14.6. The zero-order valence-corrected chi connectivity index (χ0v) is 17.9. The number of methoxy groups -OCH3 is 1. The van der Waals surface area contributed by atoms with Crippen molar-refractivity contribution in [2.75, 3.05) is 32.1 Å². The van der Waals surface area contributed by atoms with Crippen LogP contribution >= 0.6 is 11.5 Å². The Morgan fingerprint density at radius 3 is 3.07 bits per heavy atom. The van der Waals surface area contributed by atoms with Crippen molar-refractivity contribution in [2.24, 2.45) is 11.8 Å². The molecule has 5 rings (SSSR count). The summed E-state index contributed by atoms with van der Waals surface area (Å²) in [7, 11) is 3.66. The predicted molar refractivity (Wildman–Crippen MR) is 114 cm³/mol. The maximum absolute atomic E-state index is 12.8. The lowest BCUT2D eigenvalue weighted by Crippen LogP contribution is -2.42. The van der Waals surface area contributed by atoms with Crippen LogP contribution in [0.25, 0.3) is 11.0 Å². The number of piperidine rings is 1. The number of likely N-dealkylation sites (tertiary alicyclic amines) is 1. The number of carbonyl (C=O) groups excluding carboxylic acids is 1. The van der Waals surface area contributed by atoms with Gasteiger partial charge in [-0.3, -0.25) is 4.79 Å². The van der Waals surface area contributed by atoms with Gasteiger partial charge in [0, 0.05) is 32.4 Å². The second kappa shape index (κ2) is 7.82. The van der Waals surface area contributed by atoms with Crippen molar-refractivity contribution in [3.63, 3.8) is 0 Å². The topological polar surface area (TPSA) is 100 Å². The maximum atomic E-state index is 12.8. The molecule has 1 amide bonds. The minimum absolute atomic E-state index is 0.133. The number of anilines is 1. The number of H-pyrrole nitrogens is 1. The van der Waals surface area contributed by atoms with Crippen LogP contribution in [-0.2, 0) is 11.2 Å². The van der Waals surface area contributed by atoms with E-state index in [1.807, 2.05) is 17.2 Å². The third kappa shape index (κ3) is 3.49. The van der Waals surface area contributed by atoms with E-state index in [0.29, 0.717) is 35.3 Å². The highest BCUT2D eigenvalue weighted by molar-refractivity contribution is 7.05. The Hall–Kier alpha value is -2.75. The smallest absolute Gasteiger partial charge is 0.328 e. The Balaban J connectivity index is 1.24. The monoisotopic (exact) mass is 427 g/mol. The van der Waals surface area contributed by atoms with Crippen molar-refractivity contribution >= 4 is 34.3 Å². The maximum Gasteiger partial charge on any atom is 0.328 e. The molecular weight excluding hydrogens is 402 g/mol. The van der Waals surface area contributed by atoms with Crippen LogP contribution < -0.4 is 9.64 Å². The Bertz CT molecular complexity index is 1050.